The molecular formula is C20H16ClNO2. The van der Waals surface area contributed by atoms with Gasteiger partial charge in [-0.3, -0.25) is 4.79 Å². The molecule has 120 valence electrons. The van der Waals surface area contributed by atoms with E-state index in [0.717, 1.165) is 40.8 Å². The summed E-state index contributed by atoms with van der Waals surface area (Å²) in [7, 11) is 0. The zero-order valence-electron chi connectivity index (χ0n) is 12.9. The Morgan fingerprint density at radius 3 is 1.88 bits per heavy atom. The van der Waals surface area contributed by atoms with E-state index in [0.29, 0.717) is 5.15 Å². The lowest BCUT2D eigenvalue weighted by Gasteiger charge is -2.11. The minimum absolute atomic E-state index is 0.622. The Bertz CT molecular complexity index is 890. The fraction of sp³-hybridized carbons (Fsp3) is 0.150. The van der Waals surface area contributed by atoms with Crippen molar-refractivity contribution in [1.29, 1.82) is 0 Å². The largest absolute Gasteiger partial charge is 0.481 e. The molecule has 1 fully saturated rings. The molecule has 2 N–H and O–H groups in total. The average Bonchev–Trinajstić information content (AvgIpc) is 3.31. The second-order valence-corrected chi connectivity index (χ2v) is 6.67. The molecule has 0 spiro atoms. The molecule has 1 heterocycles. The summed E-state index contributed by atoms with van der Waals surface area (Å²) in [6.07, 6.45) is 1.46. The third-order valence-electron chi connectivity index (χ3n) is 4.78. The van der Waals surface area contributed by atoms with Gasteiger partial charge in [-0.1, -0.05) is 60.1 Å². The first-order chi connectivity index (χ1) is 11.6. The Balaban J connectivity index is 1.59. The maximum absolute atomic E-state index is 11.4. The lowest BCUT2D eigenvalue weighted by molar-refractivity contribution is -0.140. The number of nitrogens with one attached hydrogen (secondary N) is 1. The van der Waals surface area contributed by atoms with Gasteiger partial charge < -0.3 is 10.1 Å². The van der Waals surface area contributed by atoms with Crippen LogP contribution in [0.2, 0.25) is 5.15 Å². The molecule has 4 heteroatoms. The number of hydrogen-bond donors (Lipinski definition) is 2. The molecule has 0 bridgehead atoms. The van der Waals surface area contributed by atoms with Crippen molar-refractivity contribution in [2.24, 2.45) is 0 Å². The summed E-state index contributed by atoms with van der Waals surface area (Å²) < 4.78 is 0. The number of carboxylic acids is 1. The van der Waals surface area contributed by atoms with Gasteiger partial charge in [0.25, 0.3) is 0 Å². The van der Waals surface area contributed by atoms with Gasteiger partial charge in [-0.25, -0.2) is 0 Å². The van der Waals surface area contributed by atoms with E-state index in [1.807, 2.05) is 48.5 Å². The predicted octanol–water partition coefficient (Wildman–Crippen LogP) is 5.12. The zero-order chi connectivity index (χ0) is 16.7. The van der Waals surface area contributed by atoms with Crippen LogP contribution in [-0.4, -0.2) is 16.1 Å². The summed E-state index contributed by atoms with van der Waals surface area (Å²) in [5.74, 6) is -0.718. The van der Waals surface area contributed by atoms with Crippen molar-refractivity contribution in [3.8, 4) is 22.4 Å². The Kier molecular flexibility index (Phi) is 3.47. The van der Waals surface area contributed by atoms with E-state index >= 15 is 0 Å². The normalized spacial score (nSPS) is 15.2. The van der Waals surface area contributed by atoms with Crippen LogP contribution in [0.3, 0.4) is 0 Å². The second kappa shape index (κ2) is 5.53. The van der Waals surface area contributed by atoms with Crippen LogP contribution >= 0.6 is 11.6 Å². The number of aromatic amines is 1. The SMILES string of the molecule is O=C(O)C1(c2ccc(-c3ccc(-c4ccc(Cl)[nH]4)cc3)cc2)CC1. The molecule has 0 radical (unpaired) electrons. The third kappa shape index (κ3) is 2.51. The van der Waals surface area contributed by atoms with Crippen molar-refractivity contribution in [2.45, 2.75) is 18.3 Å². The van der Waals surface area contributed by atoms with Crippen molar-refractivity contribution >= 4 is 17.6 Å². The highest BCUT2D eigenvalue weighted by Crippen LogP contribution is 2.48. The van der Waals surface area contributed by atoms with E-state index in [2.05, 4.69) is 17.1 Å². The molecule has 1 aliphatic carbocycles. The summed E-state index contributed by atoms with van der Waals surface area (Å²) in [5, 5.41) is 9.99. The van der Waals surface area contributed by atoms with Crippen LogP contribution in [0.15, 0.2) is 60.7 Å². The van der Waals surface area contributed by atoms with Crippen molar-refractivity contribution in [2.75, 3.05) is 0 Å². The summed E-state index contributed by atoms with van der Waals surface area (Å²) in [5.41, 5.74) is 4.49. The summed E-state index contributed by atoms with van der Waals surface area (Å²) in [4.78, 5) is 14.5. The smallest absolute Gasteiger partial charge is 0.314 e. The van der Waals surface area contributed by atoms with Crippen molar-refractivity contribution in [3.63, 3.8) is 0 Å². The second-order valence-electron chi connectivity index (χ2n) is 6.26. The van der Waals surface area contributed by atoms with Crippen molar-refractivity contribution in [1.82, 2.24) is 4.98 Å². The van der Waals surface area contributed by atoms with Crippen LogP contribution in [0.5, 0.6) is 0 Å². The van der Waals surface area contributed by atoms with Crippen LogP contribution in [0.4, 0.5) is 0 Å². The van der Waals surface area contributed by atoms with E-state index in [1.165, 1.54) is 0 Å². The monoisotopic (exact) mass is 337 g/mol. The number of hydrogen-bond acceptors (Lipinski definition) is 1. The number of H-pyrrole nitrogens is 1. The molecule has 4 rings (SSSR count). The minimum atomic E-state index is -0.718. The lowest BCUT2D eigenvalue weighted by Crippen LogP contribution is -2.19. The quantitative estimate of drug-likeness (QED) is 0.694. The van der Waals surface area contributed by atoms with Crippen molar-refractivity contribution < 1.29 is 9.90 Å². The van der Waals surface area contributed by atoms with Gasteiger partial charge in [0.1, 0.15) is 5.15 Å². The van der Waals surface area contributed by atoms with Gasteiger partial charge in [-0.2, -0.15) is 0 Å². The molecule has 2 aromatic carbocycles. The first-order valence-corrected chi connectivity index (χ1v) is 8.26. The van der Waals surface area contributed by atoms with Crippen LogP contribution in [-0.2, 0) is 10.2 Å². The summed E-state index contributed by atoms with van der Waals surface area (Å²) >= 11 is 5.92. The molecule has 24 heavy (non-hydrogen) atoms. The van der Waals surface area contributed by atoms with E-state index in [1.54, 1.807) is 0 Å². The highest BCUT2D eigenvalue weighted by atomic mass is 35.5. The minimum Gasteiger partial charge on any atom is -0.481 e. The number of halogens is 1. The molecule has 0 aliphatic heterocycles. The zero-order valence-corrected chi connectivity index (χ0v) is 13.7. The van der Waals surface area contributed by atoms with E-state index in [4.69, 9.17) is 11.6 Å². The highest BCUT2D eigenvalue weighted by Gasteiger charge is 2.51. The number of aromatic nitrogens is 1. The fourth-order valence-electron chi connectivity index (χ4n) is 3.11. The van der Waals surface area contributed by atoms with Crippen LogP contribution in [0.25, 0.3) is 22.4 Å². The molecule has 0 atom stereocenters. The number of benzene rings is 2. The summed E-state index contributed by atoms with van der Waals surface area (Å²) in [6, 6.07) is 19.9. The van der Waals surface area contributed by atoms with Gasteiger partial charge in [0.15, 0.2) is 0 Å². The molecule has 3 aromatic rings. The van der Waals surface area contributed by atoms with Gasteiger partial charge in [0.05, 0.1) is 5.41 Å². The molecule has 1 saturated carbocycles. The number of aliphatic carboxylic acids is 1. The Hall–Kier alpha value is -2.52. The van der Waals surface area contributed by atoms with Gasteiger partial charge in [0, 0.05) is 5.69 Å². The van der Waals surface area contributed by atoms with E-state index in [9.17, 15) is 9.90 Å². The van der Waals surface area contributed by atoms with Gasteiger partial charge in [0.2, 0.25) is 0 Å². The third-order valence-corrected chi connectivity index (χ3v) is 5.00. The van der Waals surface area contributed by atoms with E-state index < -0.39 is 11.4 Å². The first-order valence-electron chi connectivity index (χ1n) is 7.88. The van der Waals surface area contributed by atoms with Crippen LogP contribution in [0, 0.1) is 0 Å². The van der Waals surface area contributed by atoms with Crippen LogP contribution in [0.1, 0.15) is 18.4 Å². The standard InChI is InChI=1S/C20H16ClNO2/c21-18-10-9-17(22-18)15-3-1-13(2-4-15)14-5-7-16(8-6-14)20(11-12-20)19(23)24/h1-10,22H,11-12H2,(H,23,24). The molecule has 0 amide bonds. The topological polar surface area (TPSA) is 53.1 Å². The average molecular weight is 338 g/mol. The maximum Gasteiger partial charge on any atom is 0.314 e. The predicted molar refractivity (Wildman–Crippen MR) is 95.2 cm³/mol. The molecule has 1 aromatic heterocycles. The van der Waals surface area contributed by atoms with Gasteiger partial charge >= 0.3 is 5.97 Å². The number of carbonyl (C=O) groups is 1. The summed E-state index contributed by atoms with van der Waals surface area (Å²) in [6.45, 7) is 0. The lowest BCUT2D eigenvalue weighted by atomic mass is 9.93. The Morgan fingerprint density at radius 2 is 1.42 bits per heavy atom. The van der Waals surface area contributed by atoms with E-state index in [-0.39, 0.29) is 0 Å². The maximum atomic E-state index is 11.4. The molecule has 0 saturated heterocycles. The van der Waals surface area contributed by atoms with Gasteiger partial charge in [-0.15, -0.1) is 0 Å². The Morgan fingerprint density at radius 1 is 0.875 bits per heavy atom. The van der Waals surface area contributed by atoms with Crippen molar-refractivity contribution in [3.05, 3.63) is 71.4 Å². The number of carboxylic acid groups (broad SMARTS) is 1. The molecule has 1 aliphatic rings. The fourth-order valence-corrected chi connectivity index (χ4v) is 3.28. The Labute approximate surface area is 144 Å². The molecule has 0 unspecified atom stereocenters. The number of rotatable bonds is 4. The highest BCUT2D eigenvalue weighted by molar-refractivity contribution is 6.29. The molecule has 3 nitrogen and oxygen atoms in total. The first kappa shape index (κ1) is 15.0. The van der Waals surface area contributed by atoms with Gasteiger partial charge in [-0.05, 0) is 47.2 Å². The molecular weight excluding hydrogens is 322 g/mol. The van der Waals surface area contributed by atoms with Crippen LogP contribution < -0.4 is 0 Å².